The highest BCUT2D eigenvalue weighted by Crippen LogP contribution is 2.36. The maximum Gasteiger partial charge on any atom is 0.119 e. The Kier molecular flexibility index (Phi) is 3.40. The first kappa shape index (κ1) is 12.8. The van der Waals surface area contributed by atoms with Gasteiger partial charge in [-0.05, 0) is 56.4 Å². The molecule has 1 saturated carbocycles. The van der Waals surface area contributed by atoms with Crippen molar-refractivity contribution in [3.63, 3.8) is 0 Å². The largest absolute Gasteiger partial charge is 0.497 e. The zero-order valence-electron chi connectivity index (χ0n) is 12.1. The number of ether oxygens (including phenoxy) is 1. The van der Waals surface area contributed by atoms with Gasteiger partial charge in [0.1, 0.15) is 5.75 Å². The Bertz CT molecular complexity index is 456. The number of benzene rings is 1. The average molecular weight is 260 g/mol. The summed E-state index contributed by atoms with van der Waals surface area (Å²) >= 11 is 0. The number of nitrogens with zero attached hydrogens (tertiary/aromatic N) is 1. The standard InChI is InChI=1S/C16H24N2O/c1-11-8-14(19-3)6-7-16(11)18-10-15(13-4-5-13)17-9-12(18)2/h6-8,12-13,15,17H,4-5,9-10H2,1-3H3. The Morgan fingerprint density at radius 2 is 2.11 bits per heavy atom. The van der Waals surface area contributed by atoms with Gasteiger partial charge >= 0.3 is 0 Å². The number of hydrogen-bond acceptors (Lipinski definition) is 3. The first-order chi connectivity index (χ1) is 9.19. The van der Waals surface area contributed by atoms with Gasteiger partial charge in [0.05, 0.1) is 7.11 Å². The second-order valence-electron chi connectivity index (χ2n) is 6.01. The van der Waals surface area contributed by atoms with Crippen LogP contribution in [0, 0.1) is 12.8 Å². The van der Waals surface area contributed by atoms with E-state index in [-0.39, 0.29) is 0 Å². The van der Waals surface area contributed by atoms with Gasteiger partial charge in [0, 0.05) is 30.9 Å². The lowest BCUT2D eigenvalue weighted by molar-refractivity contribution is 0.375. The summed E-state index contributed by atoms with van der Waals surface area (Å²) in [7, 11) is 1.73. The molecule has 1 aliphatic heterocycles. The molecule has 0 amide bonds. The molecule has 1 aromatic carbocycles. The van der Waals surface area contributed by atoms with Crippen LogP contribution in [0.25, 0.3) is 0 Å². The van der Waals surface area contributed by atoms with Crippen LogP contribution >= 0.6 is 0 Å². The predicted octanol–water partition coefficient (Wildman–Crippen LogP) is 2.58. The lowest BCUT2D eigenvalue weighted by Crippen LogP contribution is -2.56. The minimum Gasteiger partial charge on any atom is -0.497 e. The number of piperazine rings is 1. The first-order valence-corrected chi connectivity index (χ1v) is 7.33. The zero-order valence-corrected chi connectivity index (χ0v) is 12.1. The van der Waals surface area contributed by atoms with Gasteiger partial charge in [-0.2, -0.15) is 0 Å². The molecule has 0 aromatic heterocycles. The van der Waals surface area contributed by atoms with Crippen molar-refractivity contribution in [3.05, 3.63) is 23.8 Å². The van der Waals surface area contributed by atoms with E-state index in [4.69, 9.17) is 4.74 Å². The predicted molar refractivity (Wildman–Crippen MR) is 79.1 cm³/mol. The van der Waals surface area contributed by atoms with Gasteiger partial charge in [-0.25, -0.2) is 0 Å². The fourth-order valence-electron chi connectivity index (χ4n) is 3.12. The van der Waals surface area contributed by atoms with Crippen LogP contribution in [0.4, 0.5) is 5.69 Å². The van der Waals surface area contributed by atoms with Crippen LogP contribution in [0.5, 0.6) is 5.75 Å². The molecule has 1 heterocycles. The maximum atomic E-state index is 5.30. The Morgan fingerprint density at radius 3 is 2.74 bits per heavy atom. The fourth-order valence-corrected chi connectivity index (χ4v) is 3.12. The van der Waals surface area contributed by atoms with E-state index in [1.54, 1.807) is 7.11 Å². The maximum absolute atomic E-state index is 5.30. The fraction of sp³-hybridized carbons (Fsp3) is 0.625. The molecule has 19 heavy (non-hydrogen) atoms. The van der Waals surface area contributed by atoms with Gasteiger partial charge in [-0.15, -0.1) is 0 Å². The van der Waals surface area contributed by atoms with E-state index >= 15 is 0 Å². The summed E-state index contributed by atoms with van der Waals surface area (Å²) < 4.78 is 5.30. The summed E-state index contributed by atoms with van der Waals surface area (Å²) in [5.41, 5.74) is 2.67. The van der Waals surface area contributed by atoms with Gasteiger partial charge in [0.25, 0.3) is 0 Å². The SMILES string of the molecule is COc1ccc(N2CC(C3CC3)NCC2C)c(C)c1. The summed E-state index contributed by atoms with van der Waals surface area (Å²) in [5.74, 6) is 1.86. The first-order valence-electron chi connectivity index (χ1n) is 7.33. The third-order valence-corrected chi connectivity index (χ3v) is 4.51. The molecule has 3 nitrogen and oxygen atoms in total. The van der Waals surface area contributed by atoms with E-state index in [0.717, 1.165) is 24.8 Å². The van der Waals surface area contributed by atoms with Crippen LogP contribution in [-0.4, -0.2) is 32.3 Å². The molecule has 104 valence electrons. The van der Waals surface area contributed by atoms with E-state index in [1.165, 1.54) is 24.1 Å². The van der Waals surface area contributed by atoms with Gasteiger partial charge in [-0.3, -0.25) is 0 Å². The Balaban J connectivity index is 1.82. The van der Waals surface area contributed by atoms with Crippen LogP contribution in [0.1, 0.15) is 25.3 Å². The Morgan fingerprint density at radius 1 is 1.32 bits per heavy atom. The summed E-state index contributed by atoms with van der Waals surface area (Å²) in [6, 6.07) is 7.65. The third kappa shape index (κ3) is 2.57. The molecule has 1 N–H and O–H groups in total. The van der Waals surface area contributed by atoms with Crippen molar-refractivity contribution in [1.82, 2.24) is 5.32 Å². The summed E-state index contributed by atoms with van der Waals surface area (Å²) in [6.45, 7) is 6.71. The monoisotopic (exact) mass is 260 g/mol. The molecule has 0 radical (unpaired) electrons. The topological polar surface area (TPSA) is 24.5 Å². The number of aryl methyl sites for hydroxylation is 1. The number of rotatable bonds is 3. The van der Waals surface area contributed by atoms with E-state index in [2.05, 4.69) is 42.3 Å². The summed E-state index contributed by atoms with van der Waals surface area (Å²) in [5, 5.41) is 3.71. The van der Waals surface area contributed by atoms with Crippen molar-refractivity contribution in [2.24, 2.45) is 5.92 Å². The molecule has 2 atom stereocenters. The second-order valence-corrected chi connectivity index (χ2v) is 6.01. The highest BCUT2D eigenvalue weighted by atomic mass is 16.5. The van der Waals surface area contributed by atoms with Crippen molar-refractivity contribution in [3.8, 4) is 5.75 Å². The molecular weight excluding hydrogens is 236 g/mol. The van der Waals surface area contributed by atoms with Crippen LogP contribution < -0.4 is 15.0 Å². The average Bonchev–Trinajstić information content (AvgIpc) is 3.24. The highest BCUT2D eigenvalue weighted by molar-refractivity contribution is 5.57. The van der Waals surface area contributed by atoms with Crippen molar-refractivity contribution in [1.29, 1.82) is 0 Å². The molecule has 2 unspecified atom stereocenters. The second kappa shape index (κ2) is 5.04. The van der Waals surface area contributed by atoms with Gasteiger partial charge in [0.15, 0.2) is 0 Å². The minimum atomic E-state index is 0.557. The van der Waals surface area contributed by atoms with E-state index in [9.17, 15) is 0 Å². The molecule has 0 spiro atoms. The minimum absolute atomic E-state index is 0.557. The summed E-state index contributed by atoms with van der Waals surface area (Å²) in [6.07, 6.45) is 2.81. The quantitative estimate of drug-likeness (QED) is 0.904. The molecule has 1 saturated heterocycles. The van der Waals surface area contributed by atoms with Crippen LogP contribution in [0.2, 0.25) is 0 Å². The van der Waals surface area contributed by atoms with Gasteiger partial charge in [0.2, 0.25) is 0 Å². The number of methoxy groups -OCH3 is 1. The summed E-state index contributed by atoms with van der Waals surface area (Å²) in [4.78, 5) is 2.56. The van der Waals surface area contributed by atoms with Gasteiger partial charge < -0.3 is 15.0 Å². The number of nitrogens with one attached hydrogen (secondary N) is 1. The molecule has 1 aromatic rings. The highest BCUT2D eigenvalue weighted by Gasteiger charge is 2.36. The van der Waals surface area contributed by atoms with E-state index < -0.39 is 0 Å². The van der Waals surface area contributed by atoms with Crippen molar-refractivity contribution in [2.45, 2.75) is 38.8 Å². The molecule has 2 fully saturated rings. The van der Waals surface area contributed by atoms with Crippen molar-refractivity contribution in [2.75, 3.05) is 25.1 Å². The smallest absolute Gasteiger partial charge is 0.119 e. The lowest BCUT2D eigenvalue weighted by atomic mass is 10.0. The van der Waals surface area contributed by atoms with E-state index in [1.807, 2.05) is 0 Å². The van der Waals surface area contributed by atoms with Crippen LogP contribution in [0.3, 0.4) is 0 Å². The molecular formula is C16H24N2O. The molecule has 3 rings (SSSR count). The number of anilines is 1. The number of hydrogen-bond donors (Lipinski definition) is 1. The van der Waals surface area contributed by atoms with Crippen LogP contribution in [-0.2, 0) is 0 Å². The van der Waals surface area contributed by atoms with E-state index in [0.29, 0.717) is 12.1 Å². The lowest BCUT2D eigenvalue weighted by Gasteiger charge is -2.41. The van der Waals surface area contributed by atoms with Crippen molar-refractivity contribution < 1.29 is 4.74 Å². The van der Waals surface area contributed by atoms with Gasteiger partial charge in [-0.1, -0.05) is 0 Å². The molecule has 2 aliphatic rings. The Hall–Kier alpha value is -1.22. The molecule has 3 heteroatoms. The third-order valence-electron chi connectivity index (χ3n) is 4.51. The molecule has 1 aliphatic carbocycles. The molecule has 0 bridgehead atoms. The normalized spacial score (nSPS) is 27.4. The Labute approximate surface area is 115 Å². The van der Waals surface area contributed by atoms with Crippen molar-refractivity contribution >= 4 is 5.69 Å². The van der Waals surface area contributed by atoms with Crippen LogP contribution in [0.15, 0.2) is 18.2 Å². The zero-order chi connectivity index (χ0) is 13.4.